The van der Waals surface area contributed by atoms with Gasteiger partial charge in [0.2, 0.25) is 0 Å². The molecule has 2 N–H and O–H groups in total. The van der Waals surface area contributed by atoms with Crippen molar-refractivity contribution in [3.8, 4) is 0 Å². The minimum atomic E-state index is -0.232. The highest BCUT2D eigenvalue weighted by Gasteiger charge is 2.03. The summed E-state index contributed by atoms with van der Waals surface area (Å²) in [5.41, 5.74) is 5.52. The molecule has 2 rings (SSSR count). The molecule has 0 bridgehead atoms. The van der Waals surface area contributed by atoms with Crippen LogP contribution < -0.4 is 10.9 Å². The van der Waals surface area contributed by atoms with Crippen molar-refractivity contribution in [2.24, 2.45) is 10.2 Å². The lowest BCUT2D eigenvalue weighted by atomic mass is 10.2. The normalized spacial score (nSPS) is 11.0. The third-order valence-corrected chi connectivity index (χ3v) is 3.83. The number of nitrogens with one attached hydrogen (secondary N) is 2. The van der Waals surface area contributed by atoms with Gasteiger partial charge in [-0.05, 0) is 42.8 Å². The molecule has 1 aromatic carbocycles. The molecular weight excluding hydrogens is 324 g/mol. The van der Waals surface area contributed by atoms with E-state index >= 15 is 0 Å². The summed E-state index contributed by atoms with van der Waals surface area (Å²) in [4.78, 5) is 23.9. The van der Waals surface area contributed by atoms with Gasteiger partial charge in [0, 0.05) is 18.0 Å². The van der Waals surface area contributed by atoms with Crippen LogP contribution in [0.4, 0.5) is 0 Å². The molecule has 0 atom stereocenters. The number of thiophene rings is 1. The molecule has 0 aliphatic rings. The molecular formula is C17H18N4O2S. The number of unbranched alkanes of at least 4 members (excludes halogenated alkanes) is 2. The second kappa shape index (κ2) is 10.1. The number of hydrazone groups is 2. The minimum absolute atomic E-state index is 0.202. The van der Waals surface area contributed by atoms with Crippen molar-refractivity contribution in [1.82, 2.24) is 10.9 Å². The summed E-state index contributed by atoms with van der Waals surface area (Å²) in [6.07, 6.45) is 5.55. The Labute approximate surface area is 144 Å². The van der Waals surface area contributed by atoms with Crippen molar-refractivity contribution < 1.29 is 9.59 Å². The maximum absolute atomic E-state index is 11.7. The molecule has 2 aromatic rings. The molecule has 0 unspecified atom stereocenters. The fourth-order valence-corrected chi connectivity index (χ4v) is 2.37. The summed E-state index contributed by atoms with van der Waals surface area (Å²) < 4.78 is 0. The highest BCUT2D eigenvalue weighted by atomic mass is 32.1. The van der Waals surface area contributed by atoms with Gasteiger partial charge in [-0.15, -0.1) is 11.3 Å². The Kier molecular flexibility index (Phi) is 7.36. The number of carbonyl (C=O) groups is 2. The van der Waals surface area contributed by atoms with Crippen molar-refractivity contribution in [3.05, 3.63) is 58.3 Å². The average Bonchev–Trinajstić information content (AvgIpc) is 3.15. The van der Waals surface area contributed by atoms with Crippen molar-refractivity contribution in [1.29, 1.82) is 0 Å². The third-order valence-electron chi connectivity index (χ3n) is 2.96. The van der Waals surface area contributed by atoms with E-state index in [1.807, 2.05) is 17.5 Å². The molecule has 0 saturated carbocycles. The molecule has 1 aromatic heterocycles. The number of hydrogen-bond donors (Lipinski definition) is 2. The molecule has 0 radical (unpaired) electrons. The van der Waals surface area contributed by atoms with Gasteiger partial charge in [0.15, 0.2) is 0 Å². The van der Waals surface area contributed by atoms with E-state index in [-0.39, 0.29) is 11.8 Å². The number of nitrogens with zero attached hydrogens (tertiary/aromatic N) is 2. The molecule has 0 aliphatic carbocycles. The Morgan fingerprint density at radius 3 is 2.21 bits per heavy atom. The summed E-state index contributed by atoms with van der Waals surface area (Å²) in [7, 11) is 0. The molecule has 0 aliphatic heterocycles. The fraction of sp³-hybridized carbons (Fsp3) is 0.176. The van der Waals surface area contributed by atoms with Gasteiger partial charge < -0.3 is 0 Å². The standard InChI is InChI=1S/C17H18N4O2S/c22-16(14-8-3-1-4-9-14)20-18-11-5-2-6-12-19-21-17(23)15-10-7-13-24-15/h1,3-4,7-13H,2,5-6H2,(H,20,22)(H,21,23)/b18-11+,19-12+. The van der Waals surface area contributed by atoms with Crippen LogP contribution in [-0.4, -0.2) is 24.2 Å². The highest BCUT2D eigenvalue weighted by Crippen LogP contribution is 2.07. The van der Waals surface area contributed by atoms with Crippen molar-refractivity contribution in [2.45, 2.75) is 19.3 Å². The zero-order valence-electron chi connectivity index (χ0n) is 13.0. The Balaban J connectivity index is 1.55. The lowest BCUT2D eigenvalue weighted by molar-refractivity contribution is 0.0949. The summed E-state index contributed by atoms with van der Waals surface area (Å²) in [5.74, 6) is -0.434. The van der Waals surface area contributed by atoms with E-state index in [0.29, 0.717) is 23.3 Å². The molecule has 2 amide bonds. The topological polar surface area (TPSA) is 82.9 Å². The Morgan fingerprint density at radius 1 is 0.917 bits per heavy atom. The quantitative estimate of drug-likeness (QED) is 0.439. The molecule has 6 nitrogen and oxygen atoms in total. The van der Waals surface area contributed by atoms with Crippen LogP contribution in [0.3, 0.4) is 0 Å². The van der Waals surface area contributed by atoms with Crippen molar-refractivity contribution in [2.75, 3.05) is 0 Å². The fourth-order valence-electron chi connectivity index (χ4n) is 1.75. The second-order valence-corrected chi connectivity index (χ2v) is 5.73. The van der Waals surface area contributed by atoms with E-state index in [4.69, 9.17) is 0 Å². The first-order chi connectivity index (χ1) is 11.8. The Hall–Kier alpha value is -2.80. The van der Waals surface area contributed by atoms with Crippen LogP contribution in [0.25, 0.3) is 0 Å². The van der Waals surface area contributed by atoms with E-state index in [1.165, 1.54) is 11.3 Å². The zero-order chi connectivity index (χ0) is 17.0. The maximum Gasteiger partial charge on any atom is 0.281 e. The first-order valence-corrected chi connectivity index (χ1v) is 8.37. The number of benzene rings is 1. The van der Waals surface area contributed by atoms with Crippen molar-refractivity contribution in [3.63, 3.8) is 0 Å². The molecule has 0 fully saturated rings. The van der Waals surface area contributed by atoms with Crippen LogP contribution in [-0.2, 0) is 0 Å². The summed E-state index contributed by atoms with van der Waals surface area (Å²) in [6.45, 7) is 0. The zero-order valence-corrected chi connectivity index (χ0v) is 13.8. The van der Waals surface area contributed by atoms with Crippen LogP contribution in [0, 0.1) is 0 Å². The van der Waals surface area contributed by atoms with E-state index in [0.717, 1.165) is 6.42 Å². The molecule has 24 heavy (non-hydrogen) atoms. The summed E-state index contributed by atoms with van der Waals surface area (Å²) in [6, 6.07) is 12.5. The first-order valence-electron chi connectivity index (χ1n) is 7.49. The van der Waals surface area contributed by atoms with E-state index in [1.54, 1.807) is 42.8 Å². The molecule has 7 heteroatoms. The third kappa shape index (κ3) is 6.13. The van der Waals surface area contributed by atoms with Gasteiger partial charge in [0.25, 0.3) is 11.8 Å². The number of amides is 2. The first kappa shape index (κ1) is 17.6. The summed E-state index contributed by atoms with van der Waals surface area (Å²) >= 11 is 1.37. The monoisotopic (exact) mass is 342 g/mol. The number of rotatable bonds is 8. The smallest absolute Gasteiger partial charge is 0.267 e. The summed E-state index contributed by atoms with van der Waals surface area (Å²) in [5, 5.41) is 9.61. The van der Waals surface area contributed by atoms with Crippen molar-refractivity contribution >= 4 is 35.6 Å². The predicted molar refractivity (Wildman–Crippen MR) is 96.5 cm³/mol. The van der Waals surface area contributed by atoms with Crippen LogP contribution >= 0.6 is 11.3 Å². The van der Waals surface area contributed by atoms with Gasteiger partial charge in [0.05, 0.1) is 4.88 Å². The number of hydrogen-bond acceptors (Lipinski definition) is 5. The van der Waals surface area contributed by atoms with Gasteiger partial charge >= 0.3 is 0 Å². The van der Waals surface area contributed by atoms with Gasteiger partial charge in [0.1, 0.15) is 0 Å². The molecule has 0 saturated heterocycles. The largest absolute Gasteiger partial charge is 0.281 e. The van der Waals surface area contributed by atoms with Crippen LogP contribution in [0.1, 0.15) is 39.3 Å². The SMILES string of the molecule is O=C(N/N=C/CCC/C=N/NC(=O)c1cccs1)c1ccccc1. The van der Waals surface area contributed by atoms with Gasteiger partial charge in [-0.1, -0.05) is 24.3 Å². The van der Waals surface area contributed by atoms with E-state index in [2.05, 4.69) is 21.1 Å². The second-order valence-electron chi connectivity index (χ2n) is 4.78. The Morgan fingerprint density at radius 2 is 1.58 bits per heavy atom. The van der Waals surface area contributed by atoms with Gasteiger partial charge in [-0.3, -0.25) is 9.59 Å². The predicted octanol–water partition coefficient (Wildman–Crippen LogP) is 3.05. The molecule has 1 heterocycles. The van der Waals surface area contributed by atoms with E-state index < -0.39 is 0 Å². The highest BCUT2D eigenvalue weighted by molar-refractivity contribution is 7.12. The van der Waals surface area contributed by atoms with Gasteiger partial charge in [-0.25, -0.2) is 10.9 Å². The van der Waals surface area contributed by atoms with Gasteiger partial charge in [-0.2, -0.15) is 10.2 Å². The lowest BCUT2D eigenvalue weighted by Crippen LogP contribution is -2.17. The lowest BCUT2D eigenvalue weighted by Gasteiger charge is -1.98. The minimum Gasteiger partial charge on any atom is -0.267 e. The average molecular weight is 342 g/mol. The van der Waals surface area contributed by atoms with Crippen LogP contribution in [0.2, 0.25) is 0 Å². The molecule has 124 valence electrons. The van der Waals surface area contributed by atoms with Crippen LogP contribution in [0.5, 0.6) is 0 Å². The Bertz CT molecular complexity index is 697. The van der Waals surface area contributed by atoms with E-state index in [9.17, 15) is 9.59 Å². The number of carbonyl (C=O) groups excluding carboxylic acids is 2. The van der Waals surface area contributed by atoms with Crippen LogP contribution in [0.15, 0.2) is 58.0 Å². The molecule has 0 spiro atoms. The maximum atomic E-state index is 11.7.